The number of nitrogens with one attached hydrogen (secondary N) is 1. The first kappa shape index (κ1) is 20.0. The van der Waals surface area contributed by atoms with Gasteiger partial charge in [-0.15, -0.1) is 0 Å². The van der Waals surface area contributed by atoms with Gasteiger partial charge < -0.3 is 10.2 Å². The fourth-order valence-corrected chi connectivity index (χ4v) is 4.99. The lowest BCUT2D eigenvalue weighted by molar-refractivity contribution is -0.129. The topological polar surface area (TPSA) is 97.0 Å². The van der Waals surface area contributed by atoms with Crippen LogP contribution in [0, 0.1) is 34.0 Å². The minimum absolute atomic E-state index is 0.0204. The number of likely N-dealkylation sites (tertiary alicyclic amines) is 1. The van der Waals surface area contributed by atoms with Gasteiger partial charge in [-0.05, 0) is 18.4 Å². The summed E-state index contributed by atoms with van der Waals surface area (Å²) in [6.45, 7) is 4.89. The summed E-state index contributed by atoms with van der Waals surface area (Å²) in [5, 5.41) is 21.6. The number of carbonyl (C=O) groups is 2. The molecule has 0 aliphatic carbocycles. The molecule has 144 valence electrons. The van der Waals surface area contributed by atoms with Crippen LogP contribution in [0.25, 0.3) is 0 Å². The van der Waals surface area contributed by atoms with Gasteiger partial charge in [-0.25, -0.2) is 0 Å². The smallest absolute Gasteiger partial charge is 0.243 e. The SMILES string of the molecule is CC1(C)C(C#N)=C(S[C@H](C(=O)N2CCCC2)c2ccccc2)NC(=O)[C@@H]1C#N. The average molecular weight is 394 g/mol. The number of allylic oxidation sites excluding steroid dienone is 1. The Morgan fingerprint density at radius 2 is 1.89 bits per heavy atom. The zero-order valence-electron chi connectivity index (χ0n) is 15.9. The van der Waals surface area contributed by atoms with Crippen molar-refractivity contribution in [3.63, 3.8) is 0 Å². The number of benzene rings is 1. The molecule has 1 N–H and O–H groups in total. The van der Waals surface area contributed by atoms with E-state index in [0.29, 0.717) is 10.6 Å². The average Bonchev–Trinajstić information content (AvgIpc) is 3.20. The summed E-state index contributed by atoms with van der Waals surface area (Å²) >= 11 is 1.19. The van der Waals surface area contributed by atoms with Crippen LogP contribution >= 0.6 is 11.8 Å². The van der Waals surface area contributed by atoms with Crippen LogP contribution < -0.4 is 5.32 Å². The standard InChI is InChI=1S/C21H22N4O2S/c1-21(2)15(12-22)18(26)24-19(16(21)13-23)28-17(14-8-4-3-5-9-14)20(27)25-10-6-7-11-25/h3-5,8-9,15,17H,6-7,10-11H2,1-2H3,(H,24,26)/t15-,17-/m0/s1. The molecule has 2 atom stereocenters. The van der Waals surface area contributed by atoms with Crippen molar-refractivity contribution in [1.82, 2.24) is 10.2 Å². The van der Waals surface area contributed by atoms with Crippen LogP contribution in [0.5, 0.6) is 0 Å². The van der Waals surface area contributed by atoms with Crippen molar-refractivity contribution in [3.05, 3.63) is 46.5 Å². The zero-order valence-corrected chi connectivity index (χ0v) is 16.8. The molecular formula is C21H22N4O2S. The van der Waals surface area contributed by atoms with Crippen LogP contribution in [0.4, 0.5) is 0 Å². The van der Waals surface area contributed by atoms with E-state index in [9.17, 15) is 20.1 Å². The molecule has 0 spiro atoms. The second-order valence-electron chi connectivity index (χ2n) is 7.53. The fourth-order valence-electron chi connectivity index (χ4n) is 3.62. The number of rotatable bonds is 4. The number of nitriles is 2. The van der Waals surface area contributed by atoms with Crippen LogP contribution in [0.3, 0.4) is 0 Å². The van der Waals surface area contributed by atoms with E-state index in [1.807, 2.05) is 41.3 Å². The van der Waals surface area contributed by atoms with Gasteiger partial charge in [-0.2, -0.15) is 10.5 Å². The molecule has 0 bridgehead atoms. The van der Waals surface area contributed by atoms with Gasteiger partial charge in [-0.3, -0.25) is 9.59 Å². The number of carbonyl (C=O) groups excluding carboxylic acids is 2. The molecule has 2 heterocycles. The molecule has 2 amide bonds. The Hall–Kier alpha value is -2.77. The summed E-state index contributed by atoms with van der Waals surface area (Å²) < 4.78 is 0. The highest BCUT2D eigenvalue weighted by Gasteiger charge is 2.45. The summed E-state index contributed by atoms with van der Waals surface area (Å²) in [5.74, 6) is -1.40. The minimum Gasteiger partial charge on any atom is -0.341 e. The molecule has 1 fully saturated rings. The molecule has 1 saturated heterocycles. The van der Waals surface area contributed by atoms with Crippen molar-refractivity contribution in [2.45, 2.75) is 31.9 Å². The van der Waals surface area contributed by atoms with Crippen LogP contribution in [0.15, 0.2) is 40.9 Å². The Balaban J connectivity index is 2.01. The monoisotopic (exact) mass is 394 g/mol. The number of hydrogen-bond acceptors (Lipinski definition) is 5. The van der Waals surface area contributed by atoms with Gasteiger partial charge >= 0.3 is 0 Å². The molecule has 7 heteroatoms. The minimum atomic E-state index is -0.948. The lowest BCUT2D eigenvalue weighted by Crippen LogP contribution is -2.45. The van der Waals surface area contributed by atoms with Gasteiger partial charge in [0.1, 0.15) is 11.2 Å². The van der Waals surface area contributed by atoms with Crippen molar-refractivity contribution in [2.24, 2.45) is 11.3 Å². The van der Waals surface area contributed by atoms with E-state index in [1.165, 1.54) is 11.8 Å². The zero-order chi connectivity index (χ0) is 20.3. The van der Waals surface area contributed by atoms with Gasteiger partial charge in [0.05, 0.1) is 22.7 Å². The summed E-state index contributed by atoms with van der Waals surface area (Å²) in [7, 11) is 0. The van der Waals surface area contributed by atoms with Crippen molar-refractivity contribution < 1.29 is 9.59 Å². The highest BCUT2D eigenvalue weighted by atomic mass is 32.2. The molecule has 1 aromatic carbocycles. The quantitative estimate of drug-likeness (QED) is 0.846. The predicted molar refractivity (Wildman–Crippen MR) is 106 cm³/mol. The highest BCUT2D eigenvalue weighted by molar-refractivity contribution is 8.03. The van der Waals surface area contributed by atoms with E-state index < -0.39 is 22.5 Å². The molecule has 2 aliphatic heterocycles. The molecule has 28 heavy (non-hydrogen) atoms. The van der Waals surface area contributed by atoms with Gasteiger partial charge in [-0.1, -0.05) is 55.9 Å². The number of amides is 2. The number of thioether (sulfide) groups is 1. The number of nitrogens with zero attached hydrogens (tertiary/aromatic N) is 3. The summed E-state index contributed by atoms with van der Waals surface area (Å²) in [6.07, 6.45) is 1.97. The van der Waals surface area contributed by atoms with Crippen LogP contribution in [0.1, 0.15) is 37.5 Å². The van der Waals surface area contributed by atoms with Crippen LogP contribution in [-0.2, 0) is 9.59 Å². The first-order valence-electron chi connectivity index (χ1n) is 9.26. The van der Waals surface area contributed by atoms with Gasteiger partial charge in [0.25, 0.3) is 0 Å². The second-order valence-corrected chi connectivity index (χ2v) is 8.65. The second kappa shape index (κ2) is 8.08. The first-order chi connectivity index (χ1) is 13.4. The predicted octanol–water partition coefficient (Wildman–Crippen LogP) is 3.11. The molecule has 0 unspecified atom stereocenters. The molecular weight excluding hydrogens is 372 g/mol. The molecule has 0 saturated carbocycles. The van der Waals surface area contributed by atoms with Crippen LogP contribution in [-0.4, -0.2) is 29.8 Å². The maximum absolute atomic E-state index is 13.2. The lowest BCUT2D eigenvalue weighted by Gasteiger charge is -2.35. The first-order valence-corrected chi connectivity index (χ1v) is 10.1. The normalized spacial score (nSPS) is 22.2. The molecule has 6 nitrogen and oxygen atoms in total. The summed E-state index contributed by atoms with van der Waals surface area (Å²) in [4.78, 5) is 27.5. The third-order valence-electron chi connectivity index (χ3n) is 5.31. The van der Waals surface area contributed by atoms with Crippen molar-refractivity contribution in [1.29, 1.82) is 10.5 Å². The Morgan fingerprint density at radius 1 is 1.25 bits per heavy atom. The van der Waals surface area contributed by atoms with E-state index in [0.717, 1.165) is 31.5 Å². The largest absolute Gasteiger partial charge is 0.341 e. The summed E-state index contributed by atoms with van der Waals surface area (Å²) in [6, 6.07) is 13.5. The Bertz CT molecular complexity index is 889. The Labute approximate surface area is 169 Å². The maximum atomic E-state index is 13.2. The third kappa shape index (κ3) is 3.63. The van der Waals surface area contributed by atoms with Crippen LogP contribution in [0.2, 0.25) is 0 Å². The van der Waals surface area contributed by atoms with Gasteiger partial charge in [0, 0.05) is 18.5 Å². The molecule has 1 aromatic rings. The number of hydrogen-bond donors (Lipinski definition) is 1. The van der Waals surface area contributed by atoms with Crippen molar-refractivity contribution >= 4 is 23.6 Å². The molecule has 0 radical (unpaired) electrons. The Kier molecular flexibility index (Phi) is 5.76. The molecule has 3 rings (SSSR count). The fraction of sp³-hybridized carbons (Fsp3) is 0.429. The van der Waals surface area contributed by atoms with E-state index in [1.54, 1.807) is 13.8 Å². The molecule has 2 aliphatic rings. The van der Waals surface area contributed by atoms with E-state index in [2.05, 4.69) is 11.4 Å². The lowest BCUT2D eigenvalue weighted by atomic mass is 9.72. The van der Waals surface area contributed by atoms with E-state index >= 15 is 0 Å². The highest BCUT2D eigenvalue weighted by Crippen LogP contribution is 2.45. The maximum Gasteiger partial charge on any atom is 0.243 e. The van der Waals surface area contributed by atoms with Gasteiger partial charge in [0.2, 0.25) is 11.8 Å². The van der Waals surface area contributed by atoms with Gasteiger partial charge in [0.15, 0.2) is 0 Å². The Morgan fingerprint density at radius 3 is 2.46 bits per heavy atom. The van der Waals surface area contributed by atoms with E-state index in [-0.39, 0.29) is 5.91 Å². The van der Waals surface area contributed by atoms with E-state index in [4.69, 9.17) is 0 Å². The summed E-state index contributed by atoms with van der Waals surface area (Å²) in [5.41, 5.74) is 0.231. The third-order valence-corrected chi connectivity index (χ3v) is 6.56. The molecule has 0 aromatic heterocycles. The van der Waals surface area contributed by atoms with Crippen molar-refractivity contribution in [3.8, 4) is 12.1 Å². The van der Waals surface area contributed by atoms with Crippen molar-refractivity contribution in [2.75, 3.05) is 13.1 Å².